The van der Waals surface area contributed by atoms with Gasteiger partial charge in [-0.15, -0.1) is 0 Å². The molecule has 146 valence electrons. The van der Waals surface area contributed by atoms with Crippen molar-refractivity contribution in [1.82, 2.24) is 9.97 Å². The summed E-state index contributed by atoms with van der Waals surface area (Å²) < 4.78 is 33.1. The molecule has 1 aliphatic rings. The number of H-pyrrole nitrogens is 1. The van der Waals surface area contributed by atoms with Crippen LogP contribution in [0.4, 0.5) is 5.82 Å². The van der Waals surface area contributed by atoms with Crippen molar-refractivity contribution in [2.45, 2.75) is 24.5 Å². The van der Waals surface area contributed by atoms with E-state index in [4.69, 9.17) is 8.92 Å². The molecule has 1 aromatic carbocycles. The number of aliphatic hydroxyl groups excluding tert-OH is 2. The van der Waals surface area contributed by atoms with E-state index < -0.39 is 47.0 Å². The van der Waals surface area contributed by atoms with E-state index in [1.165, 1.54) is 6.20 Å². The van der Waals surface area contributed by atoms with E-state index in [9.17, 15) is 23.4 Å². The summed E-state index contributed by atoms with van der Waals surface area (Å²) in [6.45, 7) is -0.562. The van der Waals surface area contributed by atoms with Gasteiger partial charge >= 0.3 is 5.69 Å². The highest BCUT2D eigenvalue weighted by atomic mass is 32.2. The first-order valence-electron chi connectivity index (χ1n) is 8.02. The summed E-state index contributed by atoms with van der Waals surface area (Å²) in [4.78, 5) is 17.9. The second-order valence-electron chi connectivity index (χ2n) is 6.02. The number of nitrogens with zero attached hydrogens (tertiary/aromatic N) is 1. The molecule has 0 amide bonds. The minimum Gasteiger partial charge on any atom is -0.394 e. The van der Waals surface area contributed by atoms with E-state index in [1.807, 2.05) is 18.2 Å². The van der Waals surface area contributed by atoms with E-state index in [-0.39, 0.29) is 5.82 Å². The maximum atomic E-state index is 11.6. The lowest BCUT2D eigenvalue weighted by Gasteiger charge is -2.20. The topological polar surface area (TPSA) is 151 Å². The molecule has 1 fully saturated rings. The Balaban J connectivity index is 1.89. The van der Waals surface area contributed by atoms with Gasteiger partial charge in [0.15, 0.2) is 6.23 Å². The van der Waals surface area contributed by atoms with E-state index in [0.717, 1.165) is 11.8 Å². The summed E-state index contributed by atoms with van der Waals surface area (Å²) in [6, 6.07) is 9.06. The molecule has 10 nitrogen and oxygen atoms in total. The third-order valence-corrected chi connectivity index (χ3v) is 4.56. The highest BCUT2D eigenvalue weighted by Crippen LogP contribution is 2.29. The third kappa shape index (κ3) is 4.51. The standard InChI is InChI=1S/C16H19N3O7S/c1-27(23,24)26-13-11(8-20)25-15(12(13)21)18-14-10(7-17-16(22)19-14)9-5-3-2-4-6-9/h2-7,11-13,15,20-21H,8H2,1H3,(H2,17,18,19,22)/t11-,12-,13+,15-/m1/s1. The highest BCUT2D eigenvalue weighted by molar-refractivity contribution is 7.86. The molecule has 3 rings (SSSR count). The molecule has 0 spiro atoms. The minimum atomic E-state index is -3.88. The molecule has 4 N–H and O–H groups in total. The number of rotatable bonds is 6. The van der Waals surface area contributed by atoms with Gasteiger partial charge < -0.3 is 20.3 Å². The molecule has 1 aliphatic heterocycles. The maximum absolute atomic E-state index is 11.6. The molecule has 1 saturated heterocycles. The second kappa shape index (κ2) is 7.74. The fraction of sp³-hybridized carbons (Fsp3) is 0.375. The van der Waals surface area contributed by atoms with Gasteiger partial charge in [-0.3, -0.25) is 9.17 Å². The molecule has 0 aliphatic carbocycles. The zero-order chi connectivity index (χ0) is 19.6. The minimum absolute atomic E-state index is 0.224. The van der Waals surface area contributed by atoms with Gasteiger partial charge in [0.1, 0.15) is 24.1 Å². The Morgan fingerprint density at radius 3 is 2.67 bits per heavy atom. The van der Waals surface area contributed by atoms with Crippen LogP contribution < -0.4 is 11.0 Å². The van der Waals surface area contributed by atoms with Gasteiger partial charge in [-0.2, -0.15) is 8.42 Å². The van der Waals surface area contributed by atoms with Gasteiger partial charge in [0.2, 0.25) is 0 Å². The number of hydrogen-bond acceptors (Lipinski definition) is 9. The van der Waals surface area contributed by atoms with Crippen molar-refractivity contribution in [3.8, 4) is 11.1 Å². The van der Waals surface area contributed by atoms with Gasteiger partial charge in [-0.25, -0.2) is 9.78 Å². The van der Waals surface area contributed by atoms with Gasteiger partial charge in [0.05, 0.1) is 12.9 Å². The van der Waals surface area contributed by atoms with Crippen LogP contribution in [0.3, 0.4) is 0 Å². The Morgan fingerprint density at radius 2 is 2.04 bits per heavy atom. The summed E-state index contributed by atoms with van der Waals surface area (Å²) in [5, 5.41) is 22.6. The smallest absolute Gasteiger partial charge is 0.346 e. The number of anilines is 1. The fourth-order valence-corrected chi connectivity index (χ4v) is 3.45. The lowest BCUT2D eigenvalue weighted by atomic mass is 10.1. The molecule has 2 aromatic rings. The van der Waals surface area contributed by atoms with Crippen LogP contribution in [0.2, 0.25) is 0 Å². The van der Waals surface area contributed by atoms with Crippen LogP contribution in [0.15, 0.2) is 41.3 Å². The van der Waals surface area contributed by atoms with Crippen LogP contribution in [0.5, 0.6) is 0 Å². The van der Waals surface area contributed by atoms with Crippen molar-refractivity contribution < 1.29 is 27.6 Å². The predicted molar refractivity (Wildman–Crippen MR) is 95.4 cm³/mol. The summed E-state index contributed by atoms with van der Waals surface area (Å²) >= 11 is 0. The third-order valence-electron chi connectivity index (χ3n) is 3.98. The first kappa shape index (κ1) is 19.5. The molecule has 11 heteroatoms. The van der Waals surface area contributed by atoms with Crippen LogP contribution in [0, 0.1) is 0 Å². The lowest BCUT2D eigenvalue weighted by molar-refractivity contribution is -0.00720. The normalized spacial score (nSPS) is 25.4. The molecular formula is C16H19N3O7S. The zero-order valence-corrected chi connectivity index (χ0v) is 15.1. The first-order chi connectivity index (χ1) is 12.8. The van der Waals surface area contributed by atoms with Gasteiger partial charge in [0, 0.05) is 11.8 Å². The average molecular weight is 397 g/mol. The Morgan fingerprint density at radius 1 is 1.33 bits per heavy atom. The largest absolute Gasteiger partial charge is 0.394 e. The fourth-order valence-electron chi connectivity index (χ4n) is 2.81. The number of aliphatic hydroxyl groups is 2. The summed E-state index contributed by atoms with van der Waals surface area (Å²) in [7, 11) is -3.88. The number of ether oxygens (including phenoxy) is 1. The van der Waals surface area contributed by atoms with Crippen molar-refractivity contribution in [2.24, 2.45) is 0 Å². The van der Waals surface area contributed by atoms with Crippen molar-refractivity contribution in [1.29, 1.82) is 0 Å². The number of aromatic amines is 1. The molecule has 4 atom stereocenters. The SMILES string of the molecule is CS(=O)(=O)O[C@@H]1[C@@H](O)[C@H](Nc2[nH]c(=O)ncc2-c2ccccc2)O[C@@H]1CO. The predicted octanol–water partition coefficient (Wildman–Crippen LogP) is -0.728. The molecule has 0 unspecified atom stereocenters. The molecule has 1 aromatic heterocycles. The summed E-state index contributed by atoms with van der Waals surface area (Å²) in [5.74, 6) is 0.224. The number of nitrogens with one attached hydrogen (secondary N) is 2. The monoisotopic (exact) mass is 397 g/mol. The number of hydrogen-bond donors (Lipinski definition) is 4. The van der Waals surface area contributed by atoms with E-state index in [2.05, 4.69) is 15.3 Å². The van der Waals surface area contributed by atoms with Crippen LogP contribution in [-0.2, 0) is 19.0 Å². The zero-order valence-electron chi connectivity index (χ0n) is 14.3. The van der Waals surface area contributed by atoms with Crippen LogP contribution in [0.25, 0.3) is 11.1 Å². The second-order valence-corrected chi connectivity index (χ2v) is 7.62. The van der Waals surface area contributed by atoms with Crippen LogP contribution in [0.1, 0.15) is 0 Å². The van der Waals surface area contributed by atoms with Crippen molar-refractivity contribution in [2.75, 3.05) is 18.2 Å². The first-order valence-corrected chi connectivity index (χ1v) is 9.84. The van der Waals surface area contributed by atoms with E-state index in [1.54, 1.807) is 12.1 Å². The van der Waals surface area contributed by atoms with Crippen molar-refractivity contribution in [3.63, 3.8) is 0 Å². The quantitative estimate of drug-likeness (QED) is 0.463. The summed E-state index contributed by atoms with van der Waals surface area (Å²) in [5.41, 5.74) is 0.672. The maximum Gasteiger partial charge on any atom is 0.346 e. The Bertz CT molecular complexity index is 948. The Hall–Kier alpha value is -2.31. The molecule has 0 bridgehead atoms. The van der Waals surface area contributed by atoms with Crippen molar-refractivity contribution in [3.05, 3.63) is 47.0 Å². The van der Waals surface area contributed by atoms with E-state index in [0.29, 0.717) is 5.56 Å². The molecule has 2 heterocycles. The molecule has 0 radical (unpaired) electrons. The van der Waals surface area contributed by atoms with Crippen LogP contribution >= 0.6 is 0 Å². The van der Waals surface area contributed by atoms with Crippen LogP contribution in [-0.4, -0.2) is 66.0 Å². The van der Waals surface area contributed by atoms with Gasteiger partial charge in [-0.1, -0.05) is 30.3 Å². The highest BCUT2D eigenvalue weighted by Gasteiger charge is 2.46. The molecule has 0 saturated carbocycles. The Kier molecular flexibility index (Phi) is 5.58. The van der Waals surface area contributed by atoms with Crippen molar-refractivity contribution >= 4 is 15.9 Å². The van der Waals surface area contributed by atoms with E-state index >= 15 is 0 Å². The number of aromatic nitrogens is 2. The average Bonchev–Trinajstić information content (AvgIpc) is 2.90. The van der Waals surface area contributed by atoms with Gasteiger partial charge in [-0.05, 0) is 5.56 Å². The van der Waals surface area contributed by atoms with Gasteiger partial charge in [0.25, 0.3) is 10.1 Å². The summed E-state index contributed by atoms with van der Waals surface area (Å²) in [6.07, 6.45) is -2.71. The Labute approximate surface area is 154 Å². The lowest BCUT2D eigenvalue weighted by Crippen LogP contribution is -2.40. The number of benzene rings is 1. The molecular weight excluding hydrogens is 378 g/mol. The molecule has 27 heavy (non-hydrogen) atoms.